The van der Waals surface area contributed by atoms with Gasteiger partial charge in [0.25, 0.3) is 0 Å². The predicted octanol–water partition coefficient (Wildman–Crippen LogP) is 6.85. The lowest BCUT2D eigenvalue weighted by Crippen LogP contribution is -2.68. The van der Waals surface area contributed by atoms with Crippen LogP contribution in [0.4, 0.5) is 0 Å². The van der Waals surface area contributed by atoms with Crippen LogP contribution in [0.3, 0.4) is 0 Å². The molecule has 0 aromatic carbocycles. The molecule has 24 heavy (non-hydrogen) atoms. The SMILES string of the molecule is CC1C(C=O)C(C)(C)C(C)(C)C(C)(C(C)(C)C(C)(C)C(C)C)C1C. The molecular weight excluding hydrogens is 292 g/mol. The first-order valence-corrected chi connectivity index (χ1v) is 9.91. The zero-order valence-electron chi connectivity index (χ0n) is 18.8. The van der Waals surface area contributed by atoms with Crippen LogP contribution < -0.4 is 0 Å². The van der Waals surface area contributed by atoms with Crippen molar-refractivity contribution in [2.75, 3.05) is 0 Å². The standard InChI is InChI=1S/C23H44O/c1-15(2)19(5,6)21(9,10)23(13)17(4)16(3)18(14-24)20(7,8)22(23,11)12/h14-18H,1-13H3. The molecule has 1 aliphatic rings. The lowest BCUT2D eigenvalue weighted by molar-refractivity contribution is -0.246. The summed E-state index contributed by atoms with van der Waals surface area (Å²) in [4.78, 5) is 12.0. The normalized spacial score (nSPS) is 36.7. The summed E-state index contributed by atoms with van der Waals surface area (Å²) in [5.74, 6) is 1.62. The second kappa shape index (κ2) is 5.85. The molecule has 0 aromatic heterocycles. The Morgan fingerprint density at radius 1 is 0.917 bits per heavy atom. The molecular formula is C23H44O. The maximum atomic E-state index is 12.0. The van der Waals surface area contributed by atoms with Crippen molar-refractivity contribution in [2.45, 2.75) is 90.0 Å². The zero-order chi connectivity index (χ0) is 19.5. The number of aldehydes is 1. The molecule has 0 heterocycles. The minimum atomic E-state index is -0.0280. The van der Waals surface area contributed by atoms with Gasteiger partial charge in [0.2, 0.25) is 0 Å². The smallest absolute Gasteiger partial charge is 0.123 e. The molecule has 1 saturated carbocycles. The third-order valence-electron chi connectivity index (χ3n) is 10.5. The minimum Gasteiger partial charge on any atom is -0.303 e. The van der Waals surface area contributed by atoms with Gasteiger partial charge in [0, 0.05) is 5.92 Å². The molecule has 1 aliphatic carbocycles. The molecule has 1 rings (SSSR count). The van der Waals surface area contributed by atoms with Crippen molar-refractivity contribution >= 4 is 6.29 Å². The highest BCUT2D eigenvalue weighted by Crippen LogP contribution is 2.73. The van der Waals surface area contributed by atoms with Crippen molar-refractivity contribution in [1.82, 2.24) is 0 Å². The van der Waals surface area contributed by atoms with Gasteiger partial charge in [-0.1, -0.05) is 90.0 Å². The summed E-state index contributed by atoms with van der Waals surface area (Å²) in [7, 11) is 0. The van der Waals surface area contributed by atoms with E-state index in [1.807, 2.05) is 0 Å². The Labute approximate surface area is 152 Å². The maximum absolute atomic E-state index is 12.0. The van der Waals surface area contributed by atoms with E-state index < -0.39 is 0 Å². The van der Waals surface area contributed by atoms with Crippen LogP contribution in [0.2, 0.25) is 0 Å². The summed E-state index contributed by atoms with van der Waals surface area (Å²) in [6, 6.07) is 0. The molecule has 0 amide bonds. The van der Waals surface area contributed by atoms with Crippen molar-refractivity contribution in [3.63, 3.8) is 0 Å². The lowest BCUT2D eigenvalue weighted by Gasteiger charge is -2.72. The van der Waals surface area contributed by atoms with E-state index in [2.05, 4.69) is 90.0 Å². The average Bonchev–Trinajstić information content (AvgIpc) is 2.43. The van der Waals surface area contributed by atoms with Crippen LogP contribution in [-0.2, 0) is 4.79 Å². The van der Waals surface area contributed by atoms with Gasteiger partial charge in [-0.2, -0.15) is 0 Å². The monoisotopic (exact) mass is 336 g/mol. The van der Waals surface area contributed by atoms with E-state index in [4.69, 9.17) is 0 Å². The fourth-order valence-corrected chi connectivity index (χ4v) is 6.18. The Morgan fingerprint density at radius 2 is 1.33 bits per heavy atom. The Kier molecular flexibility index (Phi) is 5.29. The van der Waals surface area contributed by atoms with Crippen LogP contribution in [0.15, 0.2) is 0 Å². The number of hydrogen-bond acceptors (Lipinski definition) is 1. The van der Waals surface area contributed by atoms with Crippen molar-refractivity contribution in [1.29, 1.82) is 0 Å². The molecule has 0 aliphatic heterocycles. The first-order chi connectivity index (χ1) is 10.5. The van der Waals surface area contributed by atoms with Crippen LogP contribution in [-0.4, -0.2) is 6.29 Å². The van der Waals surface area contributed by atoms with Crippen LogP contribution in [0.5, 0.6) is 0 Å². The van der Waals surface area contributed by atoms with Gasteiger partial charge in [0.1, 0.15) is 6.29 Å². The largest absolute Gasteiger partial charge is 0.303 e. The number of rotatable bonds is 4. The van der Waals surface area contributed by atoms with Crippen molar-refractivity contribution in [2.24, 2.45) is 50.7 Å². The third-order valence-corrected chi connectivity index (χ3v) is 10.5. The van der Waals surface area contributed by atoms with Gasteiger partial charge in [0.15, 0.2) is 0 Å². The van der Waals surface area contributed by atoms with E-state index in [-0.39, 0.29) is 33.0 Å². The molecule has 4 atom stereocenters. The van der Waals surface area contributed by atoms with E-state index in [1.165, 1.54) is 6.29 Å². The van der Waals surface area contributed by atoms with Crippen LogP contribution in [0.25, 0.3) is 0 Å². The highest BCUT2D eigenvalue weighted by Gasteiger charge is 2.68. The molecule has 1 heteroatoms. The summed E-state index contributed by atoms with van der Waals surface area (Å²) in [5.41, 5.74) is 0.483. The molecule has 1 nitrogen and oxygen atoms in total. The molecule has 0 bridgehead atoms. The van der Waals surface area contributed by atoms with Gasteiger partial charge in [-0.25, -0.2) is 0 Å². The van der Waals surface area contributed by atoms with Gasteiger partial charge in [-0.3, -0.25) is 0 Å². The van der Waals surface area contributed by atoms with E-state index in [9.17, 15) is 4.79 Å². The highest BCUT2D eigenvalue weighted by molar-refractivity contribution is 5.57. The van der Waals surface area contributed by atoms with E-state index >= 15 is 0 Å². The maximum Gasteiger partial charge on any atom is 0.123 e. The topological polar surface area (TPSA) is 17.1 Å². The second-order valence-corrected chi connectivity index (χ2v) is 11.4. The van der Waals surface area contributed by atoms with E-state index in [0.29, 0.717) is 17.8 Å². The molecule has 0 spiro atoms. The number of carbonyl (C=O) groups is 1. The fourth-order valence-electron chi connectivity index (χ4n) is 6.18. The molecule has 1 fully saturated rings. The van der Waals surface area contributed by atoms with Crippen molar-refractivity contribution < 1.29 is 4.79 Å². The molecule has 0 saturated heterocycles. The zero-order valence-corrected chi connectivity index (χ0v) is 18.8. The molecule has 0 aromatic rings. The predicted molar refractivity (Wildman–Crippen MR) is 106 cm³/mol. The summed E-state index contributed by atoms with van der Waals surface area (Å²) in [6.45, 7) is 31.3. The van der Waals surface area contributed by atoms with Crippen LogP contribution in [0.1, 0.15) is 90.0 Å². The summed E-state index contributed by atoms with van der Waals surface area (Å²) >= 11 is 0. The van der Waals surface area contributed by atoms with Crippen LogP contribution in [0, 0.1) is 50.7 Å². The van der Waals surface area contributed by atoms with E-state index in [1.54, 1.807) is 0 Å². The Morgan fingerprint density at radius 3 is 1.67 bits per heavy atom. The van der Waals surface area contributed by atoms with Gasteiger partial charge >= 0.3 is 0 Å². The summed E-state index contributed by atoms with van der Waals surface area (Å²) < 4.78 is 0. The second-order valence-electron chi connectivity index (χ2n) is 11.4. The van der Waals surface area contributed by atoms with E-state index in [0.717, 1.165) is 0 Å². The average molecular weight is 337 g/mol. The van der Waals surface area contributed by atoms with Crippen molar-refractivity contribution in [3.8, 4) is 0 Å². The number of carbonyl (C=O) groups excluding carboxylic acids is 1. The Hall–Kier alpha value is -0.330. The van der Waals surface area contributed by atoms with Crippen molar-refractivity contribution in [3.05, 3.63) is 0 Å². The Balaban J connectivity index is 3.73. The molecule has 0 N–H and O–H groups in total. The number of hydrogen-bond donors (Lipinski definition) is 0. The third kappa shape index (κ3) is 2.28. The van der Waals surface area contributed by atoms with Crippen LogP contribution >= 0.6 is 0 Å². The highest BCUT2D eigenvalue weighted by atomic mass is 16.1. The van der Waals surface area contributed by atoms with Gasteiger partial charge < -0.3 is 4.79 Å². The van der Waals surface area contributed by atoms with Gasteiger partial charge in [0.05, 0.1) is 0 Å². The first-order valence-electron chi connectivity index (χ1n) is 9.91. The molecule has 0 radical (unpaired) electrons. The quantitative estimate of drug-likeness (QED) is 0.513. The summed E-state index contributed by atoms with van der Waals surface area (Å²) in [5, 5.41) is 0. The Bertz CT molecular complexity index is 480. The minimum absolute atomic E-state index is 0.0280. The first kappa shape index (κ1) is 21.7. The fraction of sp³-hybridized carbons (Fsp3) is 0.957. The summed E-state index contributed by atoms with van der Waals surface area (Å²) in [6.07, 6.45) is 1.24. The lowest BCUT2D eigenvalue weighted by atomic mass is 9.32. The molecule has 4 unspecified atom stereocenters. The van der Waals surface area contributed by atoms with Gasteiger partial charge in [-0.05, 0) is 44.8 Å². The molecule has 142 valence electrons. The van der Waals surface area contributed by atoms with Gasteiger partial charge in [-0.15, -0.1) is 0 Å².